The van der Waals surface area contributed by atoms with Gasteiger partial charge < -0.3 is 9.13 Å². The fourth-order valence-electron chi connectivity index (χ4n) is 7.43. The largest absolute Gasteiger partial charge is 0.309 e. The molecule has 49 heavy (non-hydrogen) atoms. The van der Waals surface area contributed by atoms with E-state index in [1.807, 2.05) is 66.7 Å². The summed E-state index contributed by atoms with van der Waals surface area (Å²) in [5, 5.41) is 13.0. The molecule has 0 saturated heterocycles. The van der Waals surface area contributed by atoms with Crippen LogP contribution in [0.1, 0.15) is 5.56 Å². The van der Waals surface area contributed by atoms with Crippen molar-refractivity contribution in [1.29, 1.82) is 5.26 Å². The van der Waals surface area contributed by atoms with Crippen molar-refractivity contribution in [3.63, 3.8) is 0 Å². The van der Waals surface area contributed by atoms with Gasteiger partial charge in [-0.2, -0.15) is 5.26 Å². The van der Waals surface area contributed by atoms with E-state index in [1.54, 1.807) is 0 Å². The quantitative estimate of drug-likeness (QED) is 0.179. The maximum absolute atomic E-state index is 16.3. The minimum atomic E-state index is -3.38. The van der Waals surface area contributed by atoms with Crippen LogP contribution in [0.3, 0.4) is 0 Å². The molecule has 0 amide bonds. The molecule has 8 aromatic rings. The molecular weight excluding hydrogens is 615 g/mol. The number of nitrogens with zero attached hydrogens (tertiary/aromatic N) is 2. The summed E-state index contributed by atoms with van der Waals surface area (Å²) in [6, 6.07) is 62.1. The fraction of sp³-hybridized carbons (Fsp3) is 0. The number of para-hydroxylation sites is 1. The molecule has 1 atom stereocenters. The van der Waals surface area contributed by atoms with Crippen LogP contribution in [-0.2, 0) is 4.57 Å². The molecule has 0 aliphatic carbocycles. The van der Waals surface area contributed by atoms with Crippen LogP contribution in [-0.4, -0.2) is 4.57 Å². The summed E-state index contributed by atoms with van der Waals surface area (Å²) in [5.41, 5.74) is 11.0. The van der Waals surface area contributed by atoms with Gasteiger partial charge in [0, 0.05) is 38.1 Å². The van der Waals surface area contributed by atoms with Crippen LogP contribution in [0.5, 0.6) is 0 Å². The van der Waals surface area contributed by atoms with Crippen molar-refractivity contribution >= 4 is 34.0 Å². The van der Waals surface area contributed by atoms with Crippen LogP contribution in [0, 0.1) is 11.3 Å². The lowest BCUT2D eigenvalue weighted by Crippen LogP contribution is -2.26. The summed E-state index contributed by atoms with van der Waals surface area (Å²) in [4.78, 5) is 0. The second-order valence-corrected chi connectivity index (χ2v) is 15.1. The van der Waals surface area contributed by atoms with Gasteiger partial charge in [0.25, 0.3) is 0 Å². The van der Waals surface area contributed by atoms with Crippen LogP contribution < -0.4 is 15.9 Å². The highest BCUT2D eigenvalue weighted by molar-refractivity contribution is 7.85. The summed E-state index contributed by atoms with van der Waals surface area (Å²) in [6.07, 6.45) is 0. The van der Waals surface area contributed by atoms with Crippen molar-refractivity contribution in [2.24, 2.45) is 0 Å². The molecule has 3 nitrogen and oxygen atoms in total. The van der Waals surface area contributed by atoms with E-state index in [9.17, 15) is 5.26 Å². The molecule has 1 aromatic heterocycles. The normalized spacial score (nSPS) is 14.7. The van der Waals surface area contributed by atoms with Gasteiger partial charge in [0.15, 0.2) is 7.14 Å². The SMILES string of the molecule is N#Cc1ccc(-c2cccc(-n3c4c(c5ccccc53)-c3ccccc3P(=O)(c3cccc(-c5ccccc5)c3)c3ccccc3-4)c2)cc1. The molecule has 1 unspecified atom stereocenters. The summed E-state index contributed by atoms with van der Waals surface area (Å²) in [6.45, 7) is 0. The molecule has 0 saturated carbocycles. The lowest BCUT2D eigenvalue weighted by atomic mass is 9.98. The summed E-state index contributed by atoms with van der Waals surface area (Å²) < 4.78 is 18.6. The molecule has 230 valence electrons. The number of hydrogen-bond donors (Lipinski definition) is 0. The lowest BCUT2D eigenvalue weighted by molar-refractivity contribution is 0.592. The van der Waals surface area contributed by atoms with E-state index in [0.717, 1.165) is 77.1 Å². The molecule has 0 spiro atoms. The van der Waals surface area contributed by atoms with Gasteiger partial charge >= 0.3 is 0 Å². The highest BCUT2D eigenvalue weighted by Crippen LogP contribution is 2.54. The number of nitriles is 1. The predicted molar refractivity (Wildman–Crippen MR) is 203 cm³/mol. The first-order valence-electron chi connectivity index (χ1n) is 16.4. The maximum Gasteiger partial charge on any atom is 0.172 e. The Bertz CT molecular complexity index is 2650. The molecule has 2 heterocycles. The number of rotatable bonds is 4. The van der Waals surface area contributed by atoms with Crippen LogP contribution >= 0.6 is 7.14 Å². The minimum Gasteiger partial charge on any atom is -0.309 e. The van der Waals surface area contributed by atoms with E-state index in [-0.39, 0.29) is 0 Å². The molecule has 7 aromatic carbocycles. The zero-order valence-corrected chi connectivity index (χ0v) is 27.4. The van der Waals surface area contributed by atoms with Crippen molar-refractivity contribution in [2.75, 3.05) is 0 Å². The van der Waals surface area contributed by atoms with E-state index in [4.69, 9.17) is 0 Å². The molecule has 0 bridgehead atoms. The maximum atomic E-state index is 16.3. The monoisotopic (exact) mass is 644 g/mol. The zero-order chi connectivity index (χ0) is 33.0. The highest BCUT2D eigenvalue weighted by Gasteiger charge is 2.40. The van der Waals surface area contributed by atoms with E-state index in [1.165, 1.54) is 0 Å². The fourth-order valence-corrected chi connectivity index (χ4v) is 10.5. The molecular formula is C45H29N2OP. The van der Waals surface area contributed by atoms with E-state index < -0.39 is 7.14 Å². The van der Waals surface area contributed by atoms with Crippen LogP contribution in [0.2, 0.25) is 0 Å². The van der Waals surface area contributed by atoms with Crippen molar-refractivity contribution in [1.82, 2.24) is 4.57 Å². The number of benzene rings is 7. The molecule has 1 aliphatic heterocycles. The lowest BCUT2D eigenvalue weighted by Gasteiger charge is -2.23. The Morgan fingerprint density at radius 3 is 1.88 bits per heavy atom. The van der Waals surface area contributed by atoms with Crippen molar-refractivity contribution in [3.05, 3.63) is 181 Å². The first kappa shape index (κ1) is 29.0. The van der Waals surface area contributed by atoms with Crippen LogP contribution in [0.15, 0.2) is 176 Å². The first-order valence-corrected chi connectivity index (χ1v) is 18.1. The molecule has 0 fully saturated rings. The van der Waals surface area contributed by atoms with E-state index in [0.29, 0.717) is 5.56 Å². The van der Waals surface area contributed by atoms with E-state index in [2.05, 4.69) is 120 Å². The topological polar surface area (TPSA) is 45.8 Å². The third kappa shape index (κ3) is 4.54. The molecule has 0 N–H and O–H groups in total. The van der Waals surface area contributed by atoms with Crippen molar-refractivity contribution < 1.29 is 4.57 Å². The minimum absolute atomic E-state index is 0.635. The Kier molecular flexibility index (Phi) is 6.80. The molecule has 9 rings (SSSR count). The summed E-state index contributed by atoms with van der Waals surface area (Å²) in [7, 11) is -3.38. The van der Waals surface area contributed by atoms with Gasteiger partial charge in [-0.15, -0.1) is 0 Å². The number of fused-ring (bicyclic) bond motifs is 7. The van der Waals surface area contributed by atoms with Gasteiger partial charge in [-0.25, -0.2) is 0 Å². The summed E-state index contributed by atoms with van der Waals surface area (Å²) >= 11 is 0. The van der Waals surface area contributed by atoms with Crippen LogP contribution in [0.4, 0.5) is 0 Å². The smallest absolute Gasteiger partial charge is 0.172 e. The third-order valence-corrected chi connectivity index (χ3v) is 12.8. The van der Waals surface area contributed by atoms with Gasteiger partial charge in [0.1, 0.15) is 0 Å². The van der Waals surface area contributed by atoms with Gasteiger partial charge in [-0.1, -0.05) is 140 Å². The van der Waals surface area contributed by atoms with E-state index >= 15 is 4.57 Å². The van der Waals surface area contributed by atoms with Gasteiger partial charge in [0.2, 0.25) is 0 Å². The first-order chi connectivity index (χ1) is 24.1. The average Bonchev–Trinajstić information content (AvgIpc) is 3.49. The zero-order valence-electron chi connectivity index (χ0n) is 26.5. The second-order valence-electron chi connectivity index (χ2n) is 12.4. The Morgan fingerprint density at radius 2 is 1.10 bits per heavy atom. The Hall–Kier alpha value is -6.20. The predicted octanol–water partition coefficient (Wildman–Crippen LogP) is 10.1. The van der Waals surface area contributed by atoms with Crippen LogP contribution in [0.25, 0.3) is 61.2 Å². The number of aromatic nitrogens is 1. The molecule has 4 heteroatoms. The van der Waals surface area contributed by atoms with Gasteiger partial charge in [-0.3, -0.25) is 0 Å². The van der Waals surface area contributed by atoms with Crippen molar-refractivity contribution in [3.8, 4) is 56.4 Å². The second kappa shape index (κ2) is 11.5. The Labute approximate surface area is 285 Å². The van der Waals surface area contributed by atoms with Crippen molar-refractivity contribution in [2.45, 2.75) is 0 Å². The standard InChI is InChI=1S/C45H29N2OP/c46-30-31-24-26-33(27-25-31)34-14-10-16-36(28-34)47-41-21-7-4-18-38(41)44-39-19-5-8-22-42(39)49(48,43-23-9-6-20-40(43)45(44)47)37-17-11-15-35(29-37)32-12-2-1-3-13-32/h1-29H. The summed E-state index contributed by atoms with van der Waals surface area (Å²) in [5.74, 6) is 0. The highest BCUT2D eigenvalue weighted by atomic mass is 31.2. The third-order valence-electron chi connectivity index (χ3n) is 9.65. The van der Waals surface area contributed by atoms with Gasteiger partial charge in [0.05, 0.1) is 22.8 Å². The number of hydrogen-bond acceptors (Lipinski definition) is 2. The Balaban J connectivity index is 1.35. The average molecular weight is 645 g/mol. The Morgan fingerprint density at radius 1 is 0.510 bits per heavy atom. The molecule has 1 aliphatic rings. The van der Waals surface area contributed by atoms with Gasteiger partial charge in [-0.05, 0) is 64.2 Å². The molecule has 0 radical (unpaired) electrons.